The molecule has 35 heavy (non-hydrogen) atoms. The second-order valence-electron chi connectivity index (χ2n) is 9.63. The summed E-state index contributed by atoms with van der Waals surface area (Å²) in [4.78, 5) is 7.16. The lowest BCUT2D eigenvalue weighted by atomic mass is 9.85. The van der Waals surface area contributed by atoms with Crippen molar-refractivity contribution in [2.45, 2.75) is 37.3 Å². The monoisotopic (exact) mass is 492 g/mol. The van der Waals surface area contributed by atoms with Gasteiger partial charge in [0.15, 0.2) is 0 Å². The molecule has 0 amide bonds. The molecule has 0 aromatic heterocycles. The molecule has 184 valence electrons. The fourth-order valence-electron chi connectivity index (χ4n) is 5.45. The van der Waals surface area contributed by atoms with Crippen molar-refractivity contribution in [3.63, 3.8) is 0 Å². The topological polar surface area (TPSA) is 54.3 Å². The average Bonchev–Trinajstić information content (AvgIpc) is 3.17. The minimum absolute atomic E-state index is 0.0808. The Morgan fingerprint density at radius 1 is 1.20 bits per heavy atom. The number of benzene rings is 2. The van der Waals surface area contributed by atoms with Crippen LogP contribution in [0.25, 0.3) is 5.57 Å². The molecule has 1 N–H and O–H groups in total. The van der Waals surface area contributed by atoms with E-state index in [2.05, 4.69) is 23.1 Å². The van der Waals surface area contributed by atoms with Crippen LogP contribution in [-0.4, -0.2) is 55.6 Å². The van der Waals surface area contributed by atoms with Gasteiger partial charge < -0.3 is 19.5 Å². The first-order chi connectivity index (χ1) is 17.1. The zero-order valence-corrected chi connectivity index (χ0v) is 21.0. The van der Waals surface area contributed by atoms with E-state index in [0.717, 1.165) is 67.9 Å². The summed E-state index contributed by atoms with van der Waals surface area (Å²) < 4.78 is 11.7. The summed E-state index contributed by atoms with van der Waals surface area (Å²) in [6.45, 7) is 3.37. The summed E-state index contributed by atoms with van der Waals surface area (Å²) in [5.41, 5.74) is 2.52. The van der Waals surface area contributed by atoms with Crippen molar-refractivity contribution in [2.24, 2.45) is 10.9 Å². The fourth-order valence-corrected chi connectivity index (χ4v) is 5.57. The average molecular weight is 493 g/mol. The minimum atomic E-state index is -0.788. The highest BCUT2D eigenvalue weighted by molar-refractivity contribution is 6.30. The van der Waals surface area contributed by atoms with Crippen LogP contribution in [0.4, 0.5) is 0 Å². The van der Waals surface area contributed by atoms with Gasteiger partial charge in [-0.1, -0.05) is 35.9 Å². The summed E-state index contributed by atoms with van der Waals surface area (Å²) in [6.07, 6.45) is 11.9. The van der Waals surface area contributed by atoms with Crippen LogP contribution in [0.5, 0.6) is 11.5 Å². The Balaban J connectivity index is 1.31. The highest BCUT2D eigenvalue weighted by Gasteiger charge is 2.33. The molecule has 3 unspecified atom stereocenters. The van der Waals surface area contributed by atoms with Gasteiger partial charge in [-0.3, -0.25) is 4.99 Å². The molecule has 1 fully saturated rings. The van der Waals surface area contributed by atoms with E-state index in [0.29, 0.717) is 11.6 Å². The van der Waals surface area contributed by atoms with Gasteiger partial charge >= 0.3 is 0 Å². The van der Waals surface area contributed by atoms with Crippen LogP contribution in [0.15, 0.2) is 65.7 Å². The summed E-state index contributed by atoms with van der Waals surface area (Å²) in [6, 6.07) is 13.7. The summed E-state index contributed by atoms with van der Waals surface area (Å²) in [7, 11) is 1.70. The predicted octanol–water partition coefficient (Wildman–Crippen LogP) is 5.51. The number of rotatable bonds is 5. The lowest BCUT2D eigenvalue weighted by Gasteiger charge is -2.27. The van der Waals surface area contributed by atoms with Crippen LogP contribution in [0.2, 0.25) is 5.02 Å². The number of fused-ring (bicyclic) bond motifs is 2. The number of hydrogen-bond donors (Lipinski definition) is 1. The van der Waals surface area contributed by atoms with Crippen LogP contribution >= 0.6 is 11.6 Å². The van der Waals surface area contributed by atoms with E-state index in [1.54, 1.807) is 7.11 Å². The molecule has 3 atom stereocenters. The molecule has 0 radical (unpaired) electrons. The molecule has 5 rings (SSSR count). The van der Waals surface area contributed by atoms with E-state index >= 15 is 0 Å². The Morgan fingerprint density at radius 2 is 2.06 bits per heavy atom. The number of allylic oxidation sites excluding steroid dienone is 1. The smallest absolute Gasteiger partial charge is 0.127 e. The molecule has 0 bridgehead atoms. The van der Waals surface area contributed by atoms with Crippen LogP contribution in [0.3, 0.4) is 0 Å². The molecule has 2 aromatic rings. The number of dihydropyridines is 1. The first kappa shape index (κ1) is 24.1. The largest absolute Gasteiger partial charge is 0.497 e. The fraction of sp³-hybridized carbons (Fsp3) is 0.414. The number of likely N-dealkylation sites (tertiary alicyclic amines) is 1. The van der Waals surface area contributed by atoms with E-state index in [-0.39, 0.29) is 12.0 Å². The number of halogens is 1. The van der Waals surface area contributed by atoms with E-state index in [1.807, 2.05) is 48.7 Å². The molecule has 1 saturated heterocycles. The Morgan fingerprint density at radius 3 is 2.89 bits per heavy atom. The summed E-state index contributed by atoms with van der Waals surface area (Å²) in [5, 5.41) is 12.0. The lowest BCUT2D eigenvalue weighted by Crippen LogP contribution is -2.29. The number of aliphatic imine (C=N–C) groups is 1. The second-order valence-corrected chi connectivity index (χ2v) is 10.1. The van der Waals surface area contributed by atoms with Gasteiger partial charge in [0, 0.05) is 35.8 Å². The van der Waals surface area contributed by atoms with Gasteiger partial charge in [0.05, 0.1) is 18.8 Å². The first-order valence-electron chi connectivity index (χ1n) is 12.5. The van der Waals surface area contributed by atoms with E-state index in [1.165, 1.54) is 5.57 Å². The Kier molecular flexibility index (Phi) is 7.28. The highest BCUT2D eigenvalue weighted by Crippen LogP contribution is 2.41. The van der Waals surface area contributed by atoms with Crippen molar-refractivity contribution in [3.05, 3.63) is 76.8 Å². The van der Waals surface area contributed by atoms with Crippen molar-refractivity contribution >= 4 is 23.4 Å². The summed E-state index contributed by atoms with van der Waals surface area (Å²) >= 11 is 6.05. The van der Waals surface area contributed by atoms with Crippen molar-refractivity contribution in [1.82, 2.24) is 4.90 Å². The molecular weight excluding hydrogens is 460 g/mol. The van der Waals surface area contributed by atoms with Crippen LogP contribution in [0.1, 0.15) is 36.8 Å². The number of hydrogen-bond acceptors (Lipinski definition) is 5. The molecule has 6 heteroatoms. The maximum atomic E-state index is 11.4. The van der Waals surface area contributed by atoms with E-state index in [9.17, 15) is 5.11 Å². The SMILES string of the molecule is COc1ccc2c(c1)/C(=C/CCN1CCCC(O)(c3ccc(Cl)cc3)CC1)C1C=CC=NC1CO2. The number of ether oxygens (including phenoxy) is 2. The third kappa shape index (κ3) is 5.32. The zero-order chi connectivity index (χ0) is 24.3. The Hall–Kier alpha value is -2.60. The Bertz CT molecular complexity index is 1130. The maximum Gasteiger partial charge on any atom is 0.127 e. The zero-order valence-electron chi connectivity index (χ0n) is 20.2. The van der Waals surface area contributed by atoms with Gasteiger partial charge in [-0.2, -0.15) is 0 Å². The van der Waals surface area contributed by atoms with Gasteiger partial charge in [-0.05, 0) is 79.8 Å². The predicted molar refractivity (Wildman–Crippen MR) is 142 cm³/mol. The molecule has 3 aliphatic heterocycles. The van der Waals surface area contributed by atoms with Gasteiger partial charge in [-0.15, -0.1) is 0 Å². The van der Waals surface area contributed by atoms with Gasteiger partial charge in [0.25, 0.3) is 0 Å². The molecule has 2 aromatic carbocycles. The van der Waals surface area contributed by atoms with Crippen LogP contribution in [0, 0.1) is 5.92 Å². The third-order valence-electron chi connectivity index (χ3n) is 7.46. The molecular formula is C29H33ClN2O3. The Labute approximate surface area is 212 Å². The minimum Gasteiger partial charge on any atom is -0.497 e. The molecule has 0 saturated carbocycles. The number of nitrogens with zero attached hydrogens (tertiary/aromatic N) is 2. The maximum absolute atomic E-state index is 11.4. The quantitative estimate of drug-likeness (QED) is 0.597. The van der Waals surface area contributed by atoms with Crippen LogP contribution < -0.4 is 9.47 Å². The normalized spacial score (nSPS) is 27.5. The van der Waals surface area contributed by atoms with Gasteiger partial charge in [0.2, 0.25) is 0 Å². The molecule has 5 nitrogen and oxygen atoms in total. The van der Waals surface area contributed by atoms with Crippen molar-refractivity contribution < 1.29 is 14.6 Å². The molecule has 3 aliphatic rings. The van der Waals surface area contributed by atoms with Crippen molar-refractivity contribution in [3.8, 4) is 11.5 Å². The van der Waals surface area contributed by atoms with E-state index in [4.69, 9.17) is 26.1 Å². The molecule has 0 aliphatic carbocycles. The van der Waals surface area contributed by atoms with Gasteiger partial charge in [0.1, 0.15) is 18.1 Å². The van der Waals surface area contributed by atoms with Crippen molar-refractivity contribution in [1.29, 1.82) is 0 Å². The first-order valence-corrected chi connectivity index (χ1v) is 12.9. The lowest BCUT2D eigenvalue weighted by molar-refractivity contribution is 0.0213. The second kappa shape index (κ2) is 10.6. The summed E-state index contributed by atoms with van der Waals surface area (Å²) in [5.74, 6) is 1.90. The van der Waals surface area contributed by atoms with Crippen molar-refractivity contribution in [2.75, 3.05) is 33.4 Å². The molecule has 3 heterocycles. The number of aliphatic hydroxyl groups is 1. The van der Waals surface area contributed by atoms with Gasteiger partial charge in [-0.25, -0.2) is 0 Å². The third-order valence-corrected chi connectivity index (χ3v) is 7.71. The van der Waals surface area contributed by atoms with Crippen LogP contribution in [-0.2, 0) is 5.60 Å². The number of methoxy groups -OCH3 is 1. The van der Waals surface area contributed by atoms with E-state index < -0.39 is 5.60 Å². The standard InChI is InChI=1S/C29H33ClN2O3/c1-34-23-11-12-28-26(19-23)24(25-5-2-15-31-27(25)20-35-28)6-3-16-32-17-4-13-29(33,14-18-32)21-7-9-22(30)10-8-21/h2,5-12,15,19,25,27,33H,3-4,13-14,16-18,20H2,1H3/b24-6+. The molecule has 0 spiro atoms. The highest BCUT2D eigenvalue weighted by atomic mass is 35.5.